The topological polar surface area (TPSA) is 67.6 Å². The van der Waals surface area contributed by atoms with Gasteiger partial charge in [0.15, 0.2) is 9.84 Å². The Hall–Kier alpha value is -2.08. The molecular weight excluding hydrogens is 314 g/mol. The zero-order valence-corrected chi connectivity index (χ0v) is 13.8. The van der Waals surface area contributed by atoms with Crippen LogP contribution in [0.15, 0.2) is 47.1 Å². The normalized spacial score (nSPS) is 14.7. The third-order valence-corrected chi connectivity index (χ3v) is 4.62. The molecule has 0 atom stereocenters. The van der Waals surface area contributed by atoms with Gasteiger partial charge >= 0.3 is 0 Å². The van der Waals surface area contributed by atoms with Crippen molar-refractivity contribution in [2.45, 2.75) is 31.2 Å². The van der Waals surface area contributed by atoms with Gasteiger partial charge in [-0.25, -0.2) is 8.42 Å². The summed E-state index contributed by atoms with van der Waals surface area (Å²) in [6.07, 6.45) is 4.78. The van der Waals surface area contributed by atoms with E-state index in [0.717, 1.165) is 18.6 Å². The molecule has 1 aromatic carbocycles. The Bertz CT molecular complexity index is 792. The molecule has 0 N–H and O–H groups in total. The lowest BCUT2D eigenvalue weighted by atomic mass is 10.1. The van der Waals surface area contributed by atoms with E-state index in [-0.39, 0.29) is 17.7 Å². The fourth-order valence-electron chi connectivity index (χ4n) is 2.59. The maximum atomic E-state index is 12.8. The van der Waals surface area contributed by atoms with Crippen molar-refractivity contribution >= 4 is 15.7 Å². The first-order valence-electron chi connectivity index (χ1n) is 7.52. The molecule has 0 unspecified atom stereocenters. The Kier molecular flexibility index (Phi) is 4.26. The summed E-state index contributed by atoms with van der Waals surface area (Å²) in [5, 5.41) is 0. The zero-order chi connectivity index (χ0) is 16.4. The lowest BCUT2D eigenvalue weighted by Gasteiger charge is -2.21. The smallest absolute Gasteiger partial charge is 0.254 e. The van der Waals surface area contributed by atoms with Crippen LogP contribution in [0, 0.1) is 0 Å². The van der Waals surface area contributed by atoms with E-state index in [2.05, 4.69) is 0 Å². The van der Waals surface area contributed by atoms with Gasteiger partial charge in [-0.1, -0.05) is 12.1 Å². The molecule has 0 spiro atoms. The molecule has 1 aliphatic carbocycles. The minimum atomic E-state index is -3.12. The third kappa shape index (κ3) is 4.22. The average Bonchev–Trinajstić information content (AvgIpc) is 3.19. The van der Waals surface area contributed by atoms with Crippen molar-refractivity contribution in [3.8, 4) is 0 Å². The molecule has 0 radical (unpaired) electrons. The molecule has 1 aromatic heterocycles. The van der Waals surface area contributed by atoms with Gasteiger partial charge in [0.05, 0.1) is 18.6 Å². The van der Waals surface area contributed by atoms with E-state index in [9.17, 15) is 13.2 Å². The maximum absolute atomic E-state index is 12.8. The molecule has 23 heavy (non-hydrogen) atoms. The predicted octanol–water partition coefficient (Wildman–Crippen LogP) is 2.63. The van der Waals surface area contributed by atoms with Crippen molar-refractivity contribution in [2.24, 2.45) is 0 Å². The van der Waals surface area contributed by atoms with Gasteiger partial charge in [0, 0.05) is 17.9 Å². The first-order valence-corrected chi connectivity index (χ1v) is 9.58. The highest BCUT2D eigenvalue weighted by Gasteiger charge is 2.33. The number of sulfone groups is 1. The van der Waals surface area contributed by atoms with Crippen LogP contribution in [0.4, 0.5) is 0 Å². The quantitative estimate of drug-likeness (QED) is 0.815. The Morgan fingerprint density at radius 1 is 1.26 bits per heavy atom. The molecule has 1 fully saturated rings. The van der Waals surface area contributed by atoms with Gasteiger partial charge in [-0.15, -0.1) is 0 Å². The molecule has 2 aromatic rings. The summed E-state index contributed by atoms with van der Waals surface area (Å²) in [6.45, 7) is 0.437. The molecule has 122 valence electrons. The van der Waals surface area contributed by atoms with Crippen molar-refractivity contribution in [1.82, 2.24) is 4.90 Å². The number of rotatable bonds is 6. The first kappa shape index (κ1) is 15.8. The number of amides is 1. The second-order valence-electron chi connectivity index (χ2n) is 6.01. The number of furan rings is 1. The molecule has 5 nitrogen and oxygen atoms in total. The maximum Gasteiger partial charge on any atom is 0.254 e. The number of benzene rings is 1. The number of carbonyl (C=O) groups excluding carboxylic acids is 1. The SMILES string of the molecule is CS(=O)(=O)Cc1cccc(C(=O)N(Cc2ccco2)C2CC2)c1. The van der Waals surface area contributed by atoms with Crippen molar-refractivity contribution in [3.63, 3.8) is 0 Å². The van der Waals surface area contributed by atoms with Crippen LogP contribution in [0.1, 0.15) is 34.5 Å². The molecule has 0 aliphatic heterocycles. The van der Waals surface area contributed by atoms with Crippen LogP contribution in [0.2, 0.25) is 0 Å². The van der Waals surface area contributed by atoms with Crippen LogP contribution < -0.4 is 0 Å². The molecule has 0 bridgehead atoms. The number of hydrogen-bond donors (Lipinski definition) is 0. The van der Waals surface area contributed by atoms with Crippen LogP contribution in [0.3, 0.4) is 0 Å². The van der Waals surface area contributed by atoms with Gasteiger partial charge in [-0.2, -0.15) is 0 Å². The second kappa shape index (κ2) is 6.20. The van der Waals surface area contributed by atoms with E-state index in [1.54, 1.807) is 41.5 Å². The number of hydrogen-bond acceptors (Lipinski definition) is 4. The summed E-state index contributed by atoms with van der Waals surface area (Å²) < 4.78 is 28.2. The van der Waals surface area contributed by atoms with Gasteiger partial charge in [0.25, 0.3) is 5.91 Å². The molecule has 1 heterocycles. The van der Waals surface area contributed by atoms with Gasteiger partial charge in [-0.05, 0) is 42.7 Å². The van der Waals surface area contributed by atoms with Gasteiger partial charge in [-0.3, -0.25) is 4.79 Å². The molecule has 1 amide bonds. The average molecular weight is 333 g/mol. The van der Waals surface area contributed by atoms with Crippen molar-refractivity contribution in [2.75, 3.05) is 6.26 Å². The van der Waals surface area contributed by atoms with E-state index in [4.69, 9.17) is 4.42 Å². The summed E-state index contributed by atoms with van der Waals surface area (Å²) in [5.74, 6) is 0.604. The highest BCUT2D eigenvalue weighted by molar-refractivity contribution is 7.89. The fraction of sp³-hybridized carbons (Fsp3) is 0.353. The van der Waals surface area contributed by atoms with Crippen LogP contribution >= 0.6 is 0 Å². The van der Waals surface area contributed by atoms with Crippen molar-refractivity contribution in [3.05, 3.63) is 59.5 Å². The standard InChI is InChI=1S/C17H19NO4S/c1-23(20,21)12-13-4-2-5-14(10-13)17(19)18(15-7-8-15)11-16-6-3-9-22-16/h2-6,9-10,15H,7-8,11-12H2,1H3. The summed E-state index contributed by atoms with van der Waals surface area (Å²) >= 11 is 0. The van der Waals surface area contributed by atoms with Crippen molar-refractivity contribution in [1.29, 1.82) is 0 Å². The molecular formula is C17H19NO4S. The second-order valence-corrected chi connectivity index (χ2v) is 8.15. The van der Waals surface area contributed by atoms with Gasteiger partial charge < -0.3 is 9.32 Å². The molecule has 6 heteroatoms. The molecule has 1 aliphatic rings. The summed E-state index contributed by atoms with van der Waals surface area (Å²) in [4.78, 5) is 14.6. The van der Waals surface area contributed by atoms with Crippen LogP contribution in [0.5, 0.6) is 0 Å². The monoisotopic (exact) mass is 333 g/mol. The summed E-state index contributed by atoms with van der Waals surface area (Å²) in [7, 11) is -3.12. The largest absolute Gasteiger partial charge is 0.467 e. The Balaban J connectivity index is 1.81. The molecule has 1 saturated carbocycles. The van der Waals surface area contributed by atoms with Gasteiger partial charge in [0.2, 0.25) is 0 Å². The van der Waals surface area contributed by atoms with Crippen LogP contribution in [0.25, 0.3) is 0 Å². The summed E-state index contributed by atoms with van der Waals surface area (Å²) in [5.41, 5.74) is 1.15. The third-order valence-electron chi connectivity index (χ3n) is 3.76. The lowest BCUT2D eigenvalue weighted by Crippen LogP contribution is -2.32. The highest BCUT2D eigenvalue weighted by Crippen LogP contribution is 2.30. The number of nitrogens with zero attached hydrogens (tertiary/aromatic N) is 1. The summed E-state index contributed by atoms with van der Waals surface area (Å²) in [6, 6.07) is 10.7. The van der Waals surface area contributed by atoms with Crippen molar-refractivity contribution < 1.29 is 17.6 Å². The van der Waals surface area contributed by atoms with E-state index >= 15 is 0 Å². The minimum absolute atomic E-state index is 0.0598. The first-order chi connectivity index (χ1) is 10.9. The minimum Gasteiger partial charge on any atom is -0.467 e. The Labute approximate surface area is 135 Å². The lowest BCUT2D eigenvalue weighted by molar-refractivity contribution is 0.0717. The molecule has 3 rings (SSSR count). The fourth-order valence-corrected chi connectivity index (χ4v) is 3.37. The predicted molar refractivity (Wildman–Crippen MR) is 86.6 cm³/mol. The van der Waals surface area contributed by atoms with E-state index in [0.29, 0.717) is 17.7 Å². The molecule has 0 saturated heterocycles. The van der Waals surface area contributed by atoms with E-state index < -0.39 is 9.84 Å². The number of carbonyl (C=O) groups is 1. The van der Waals surface area contributed by atoms with E-state index in [1.807, 2.05) is 6.07 Å². The Morgan fingerprint density at radius 3 is 2.65 bits per heavy atom. The van der Waals surface area contributed by atoms with Crippen LogP contribution in [-0.2, 0) is 22.1 Å². The van der Waals surface area contributed by atoms with Gasteiger partial charge in [0.1, 0.15) is 5.76 Å². The highest BCUT2D eigenvalue weighted by atomic mass is 32.2. The Morgan fingerprint density at radius 2 is 2.04 bits per heavy atom. The zero-order valence-electron chi connectivity index (χ0n) is 12.9. The van der Waals surface area contributed by atoms with E-state index in [1.165, 1.54) is 6.26 Å². The van der Waals surface area contributed by atoms with Crippen LogP contribution in [-0.4, -0.2) is 31.5 Å².